The Morgan fingerprint density at radius 3 is 1.76 bits per heavy atom. The summed E-state index contributed by atoms with van der Waals surface area (Å²) in [6.45, 7) is 0.308. The number of benzene rings is 2. The highest BCUT2D eigenvalue weighted by atomic mass is 16.6. The van der Waals surface area contributed by atoms with Crippen molar-refractivity contribution in [3.63, 3.8) is 0 Å². The molecule has 5 heterocycles. The molecule has 2 aromatic carbocycles. The third kappa shape index (κ3) is 5.26. The summed E-state index contributed by atoms with van der Waals surface area (Å²) in [6, 6.07) is 14.2. The SMILES string of the molecule is O=[N+]([O-])c1ccc(COc2ccc(C3=CC4=CC5=NC(=CC6=NC(=CC7=NC(=CC3=N4)C=C7)C=C6)C=C5)cc2)cc1. The van der Waals surface area contributed by atoms with E-state index < -0.39 is 4.92 Å². The van der Waals surface area contributed by atoms with Gasteiger partial charge in [-0.3, -0.25) is 10.1 Å². The Hall–Kier alpha value is -5.76. The molecule has 196 valence electrons. The lowest BCUT2D eigenvalue weighted by molar-refractivity contribution is -0.384. The van der Waals surface area contributed by atoms with Gasteiger partial charge >= 0.3 is 0 Å². The molecule has 0 atom stereocenters. The van der Waals surface area contributed by atoms with Crippen molar-refractivity contribution in [3.05, 3.63) is 159 Å². The Morgan fingerprint density at radius 2 is 1.17 bits per heavy atom. The summed E-state index contributed by atoms with van der Waals surface area (Å²) in [7, 11) is 0. The molecule has 8 heteroatoms. The van der Waals surface area contributed by atoms with Crippen LogP contribution in [0, 0.1) is 10.1 Å². The maximum atomic E-state index is 10.9. The van der Waals surface area contributed by atoms with E-state index in [0.717, 1.165) is 62.3 Å². The first kappa shape index (κ1) is 24.3. The molecule has 8 nitrogen and oxygen atoms in total. The van der Waals surface area contributed by atoms with Crippen LogP contribution in [0.15, 0.2) is 158 Å². The number of fused-ring (bicyclic) bond motifs is 4. The molecule has 0 unspecified atom stereocenters. The number of nitro benzene ring substituents is 1. The van der Waals surface area contributed by atoms with Gasteiger partial charge in [-0.15, -0.1) is 0 Å². The summed E-state index contributed by atoms with van der Waals surface area (Å²) in [6.07, 6.45) is 21.7. The number of non-ortho nitro benzene ring substituents is 1. The molecular weight excluding hydrogens is 514 g/mol. The molecule has 0 fully saturated rings. The normalized spacial score (nSPS) is 18.1. The van der Waals surface area contributed by atoms with Gasteiger partial charge in [0.2, 0.25) is 0 Å². The number of aliphatic imine (C=N–C) groups is 4. The Labute approximate surface area is 235 Å². The van der Waals surface area contributed by atoms with Gasteiger partial charge in [0.1, 0.15) is 12.4 Å². The van der Waals surface area contributed by atoms with Crippen molar-refractivity contribution in [3.8, 4) is 5.75 Å². The van der Waals surface area contributed by atoms with Crippen molar-refractivity contribution in [2.24, 2.45) is 20.0 Å². The van der Waals surface area contributed by atoms with Gasteiger partial charge in [-0.05, 0) is 102 Å². The minimum absolute atomic E-state index is 0.0566. The zero-order valence-electron chi connectivity index (χ0n) is 21.6. The van der Waals surface area contributed by atoms with Crippen molar-refractivity contribution in [1.29, 1.82) is 0 Å². The third-order valence-corrected chi connectivity index (χ3v) is 6.76. The van der Waals surface area contributed by atoms with Crippen LogP contribution in [0.25, 0.3) is 5.57 Å². The summed E-state index contributed by atoms with van der Waals surface area (Å²) in [5.41, 5.74) is 9.46. The van der Waals surface area contributed by atoms with Gasteiger partial charge in [0.05, 0.1) is 50.6 Å². The minimum Gasteiger partial charge on any atom is -0.489 e. The molecule has 0 saturated heterocycles. The quantitative estimate of drug-likeness (QED) is 0.319. The third-order valence-electron chi connectivity index (χ3n) is 6.76. The fourth-order valence-corrected chi connectivity index (χ4v) is 4.74. The molecule has 0 saturated carbocycles. The van der Waals surface area contributed by atoms with Crippen LogP contribution in [-0.2, 0) is 6.61 Å². The smallest absolute Gasteiger partial charge is 0.269 e. The lowest BCUT2D eigenvalue weighted by Gasteiger charge is -2.08. The monoisotopic (exact) mass is 535 g/mol. The van der Waals surface area contributed by atoms with E-state index in [9.17, 15) is 10.1 Å². The van der Waals surface area contributed by atoms with E-state index in [0.29, 0.717) is 12.4 Å². The topological polar surface area (TPSA) is 102 Å². The molecule has 41 heavy (non-hydrogen) atoms. The predicted octanol–water partition coefficient (Wildman–Crippen LogP) is 6.59. The molecule has 2 aromatic rings. The lowest BCUT2D eigenvalue weighted by Crippen LogP contribution is -1.98. The van der Waals surface area contributed by atoms with Gasteiger partial charge in [-0.25, -0.2) is 20.0 Å². The van der Waals surface area contributed by atoms with Crippen LogP contribution in [0.4, 0.5) is 5.69 Å². The molecule has 5 aliphatic rings. The van der Waals surface area contributed by atoms with Gasteiger partial charge in [-0.1, -0.05) is 12.1 Å². The Balaban J connectivity index is 1.17. The van der Waals surface area contributed by atoms with Crippen LogP contribution in [0.3, 0.4) is 0 Å². The van der Waals surface area contributed by atoms with E-state index in [2.05, 4.69) is 11.1 Å². The predicted molar refractivity (Wildman–Crippen MR) is 161 cm³/mol. The van der Waals surface area contributed by atoms with Crippen LogP contribution in [-0.4, -0.2) is 27.8 Å². The fraction of sp³-hybridized carbons (Fsp3) is 0.0303. The van der Waals surface area contributed by atoms with E-state index in [1.54, 1.807) is 12.1 Å². The molecule has 8 bridgehead atoms. The first-order valence-electron chi connectivity index (χ1n) is 13.0. The average Bonchev–Trinajstić information content (AvgIpc) is 3.78. The van der Waals surface area contributed by atoms with Crippen molar-refractivity contribution < 1.29 is 9.66 Å². The van der Waals surface area contributed by atoms with E-state index in [1.165, 1.54) is 12.1 Å². The standard InChI is InChI=1S/C33H21N5O3/c39-38(40)30-11-1-21(2-12-30)20-41-31-13-3-22(4-14-31)32-18-29-17-27-8-7-25(35-27)15-23-5-6-24(34-23)16-26-9-10-28(36-26)19-33(32)37-29/h1-19H,20H2. The van der Waals surface area contributed by atoms with Gasteiger partial charge in [-0.2, -0.15) is 0 Å². The van der Waals surface area contributed by atoms with Crippen molar-refractivity contribution in [1.82, 2.24) is 0 Å². The van der Waals surface area contributed by atoms with Crippen LogP contribution < -0.4 is 4.74 Å². The Morgan fingerprint density at radius 1 is 0.610 bits per heavy atom. The minimum atomic E-state index is -0.414. The first-order valence-corrected chi connectivity index (χ1v) is 13.0. The van der Waals surface area contributed by atoms with E-state index in [-0.39, 0.29) is 5.69 Å². The lowest BCUT2D eigenvalue weighted by atomic mass is 10.0. The molecule has 5 aliphatic heterocycles. The summed E-state index contributed by atoms with van der Waals surface area (Å²) in [4.78, 5) is 29.5. The maximum Gasteiger partial charge on any atom is 0.269 e. The fourth-order valence-electron chi connectivity index (χ4n) is 4.74. The Bertz CT molecular complexity index is 1870. The number of hydrogen-bond acceptors (Lipinski definition) is 7. The maximum absolute atomic E-state index is 10.9. The number of nitrogens with zero attached hydrogens (tertiary/aromatic N) is 5. The molecule has 0 N–H and O–H groups in total. The summed E-state index contributed by atoms with van der Waals surface area (Å²) >= 11 is 0. The second-order valence-electron chi connectivity index (χ2n) is 9.68. The van der Waals surface area contributed by atoms with E-state index in [4.69, 9.17) is 19.7 Å². The molecule has 0 radical (unpaired) electrons. The van der Waals surface area contributed by atoms with Crippen LogP contribution in [0.1, 0.15) is 11.1 Å². The van der Waals surface area contributed by atoms with Crippen molar-refractivity contribution in [2.75, 3.05) is 0 Å². The number of ether oxygens (including phenoxy) is 1. The number of hydrogen-bond donors (Lipinski definition) is 0. The van der Waals surface area contributed by atoms with Crippen LogP contribution >= 0.6 is 0 Å². The zero-order chi connectivity index (χ0) is 27.8. The highest BCUT2D eigenvalue weighted by Gasteiger charge is 2.18. The number of nitro groups is 1. The molecule has 0 amide bonds. The number of rotatable bonds is 5. The summed E-state index contributed by atoms with van der Waals surface area (Å²) in [5, 5.41) is 10.9. The van der Waals surface area contributed by atoms with Crippen LogP contribution in [0.5, 0.6) is 5.75 Å². The highest BCUT2D eigenvalue weighted by molar-refractivity contribution is 6.32. The summed E-state index contributed by atoms with van der Waals surface area (Å²) in [5.74, 6) is 0.696. The second-order valence-corrected chi connectivity index (χ2v) is 9.68. The van der Waals surface area contributed by atoms with Crippen molar-refractivity contribution >= 4 is 34.1 Å². The zero-order valence-corrected chi connectivity index (χ0v) is 21.6. The molecule has 0 aromatic heterocycles. The summed E-state index contributed by atoms with van der Waals surface area (Å²) < 4.78 is 5.92. The van der Waals surface area contributed by atoms with Gasteiger partial charge in [0.15, 0.2) is 0 Å². The van der Waals surface area contributed by atoms with Crippen LogP contribution in [0.2, 0.25) is 0 Å². The van der Waals surface area contributed by atoms with Gasteiger partial charge in [0, 0.05) is 17.7 Å². The first-order chi connectivity index (χ1) is 20.0. The van der Waals surface area contributed by atoms with Gasteiger partial charge < -0.3 is 4.74 Å². The Kier molecular flexibility index (Phi) is 5.98. The molecule has 7 rings (SSSR count). The average molecular weight is 536 g/mol. The highest BCUT2D eigenvalue weighted by Crippen LogP contribution is 2.30. The van der Waals surface area contributed by atoms with E-state index in [1.807, 2.05) is 85.0 Å². The molecule has 0 spiro atoms. The van der Waals surface area contributed by atoms with Crippen molar-refractivity contribution in [2.45, 2.75) is 6.61 Å². The second kappa shape index (κ2) is 10.1. The molecular formula is C33H21N5O3. The number of allylic oxidation sites excluding steroid dienone is 12. The van der Waals surface area contributed by atoms with E-state index >= 15 is 0 Å². The largest absolute Gasteiger partial charge is 0.489 e. The van der Waals surface area contributed by atoms with Gasteiger partial charge in [0.25, 0.3) is 5.69 Å². The molecule has 0 aliphatic carbocycles.